The molecule has 86 valence electrons. The minimum atomic E-state index is -0.714. The third kappa shape index (κ3) is 2.27. The Labute approximate surface area is 98.2 Å². The van der Waals surface area contributed by atoms with Crippen LogP contribution in [-0.2, 0) is 11.2 Å². The van der Waals surface area contributed by atoms with Gasteiger partial charge < -0.3 is 10.7 Å². The Morgan fingerprint density at radius 3 is 3.06 bits per heavy atom. The van der Waals surface area contributed by atoms with Crippen LogP contribution in [0.15, 0.2) is 30.5 Å². The number of fused-ring (bicyclic) bond motifs is 1. The maximum Gasteiger partial charge on any atom is 0.250 e. The van der Waals surface area contributed by atoms with Crippen LogP contribution in [0.2, 0.25) is 0 Å². The number of aromatic amines is 1. The zero-order valence-electron chi connectivity index (χ0n) is 9.10. The van der Waals surface area contributed by atoms with Gasteiger partial charge >= 0.3 is 0 Å². The van der Waals surface area contributed by atoms with E-state index in [2.05, 4.69) is 4.98 Å². The van der Waals surface area contributed by atoms with Crippen LogP contribution in [0, 0.1) is 11.5 Å². The van der Waals surface area contributed by atoms with Gasteiger partial charge in [-0.1, -0.05) is 18.2 Å². The summed E-state index contributed by atoms with van der Waals surface area (Å²) in [4.78, 5) is 14.4. The first-order chi connectivity index (χ1) is 8.22. The standard InChI is InChI=1S/C12H12N4O/c13-7-16-12(17)10(14)5-8-6-15-11-4-2-1-3-9(8)11/h1-4,6,10,15H,5,14H2,(H,16,17)/t10-/m0/s1. The highest BCUT2D eigenvalue weighted by molar-refractivity contribution is 5.86. The third-order valence-corrected chi connectivity index (χ3v) is 2.63. The predicted molar refractivity (Wildman–Crippen MR) is 63.7 cm³/mol. The number of hydrogen-bond donors (Lipinski definition) is 3. The summed E-state index contributed by atoms with van der Waals surface area (Å²) in [5.74, 6) is -0.460. The molecule has 1 amide bonds. The molecule has 1 heterocycles. The van der Waals surface area contributed by atoms with E-state index in [0.29, 0.717) is 6.42 Å². The number of nitrogens with one attached hydrogen (secondary N) is 2. The number of nitrogens with two attached hydrogens (primary N) is 1. The number of nitrogens with zero attached hydrogens (tertiary/aromatic N) is 1. The van der Waals surface area contributed by atoms with Gasteiger partial charge in [0.2, 0.25) is 5.91 Å². The van der Waals surface area contributed by atoms with E-state index in [1.165, 1.54) is 0 Å². The topological polar surface area (TPSA) is 94.7 Å². The van der Waals surface area contributed by atoms with Crippen molar-refractivity contribution in [2.75, 3.05) is 0 Å². The number of hydrogen-bond acceptors (Lipinski definition) is 3. The maximum absolute atomic E-state index is 11.3. The van der Waals surface area contributed by atoms with Crippen molar-refractivity contribution in [2.24, 2.45) is 5.73 Å². The van der Waals surface area contributed by atoms with E-state index in [-0.39, 0.29) is 0 Å². The number of nitriles is 1. The zero-order chi connectivity index (χ0) is 12.3. The van der Waals surface area contributed by atoms with E-state index >= 15 is 0 Å². The number of carbonyl (C=O) groups is 1. The van der Waals surface area contributed by atoms with Crippen molar-refractivity contribution in [3.63, 3.8) is 0 Å². The van der Waals surface area contributed by atoms with Gasteiger partial charge in [0.05, 0.1) is 6.04 Å². The second kappa shape index (κ2) is 4.68. The van der Waals surface area contributed by atoms with Gasteiger partial charge in [0.25, 0.3) is 0 Å². The number of amides is 1. The molecule has 17 heavy (non-hydrogen) atoms. The van der Waals surface area contributed by atoms with Crippen LogP contribution in [-0.4, -0.2) is 16.9 Å². The Bertz CT molecular complexity index is 581. The molecule has 0 fully saturated rings. The molecule has 0 aliphatic rings. The highest BCUT2D eigenvalue weighted by Crippen LogP contribution is 2.18. The number of para-hydroxylation sites is 1. The summed E-state index contributed by atoms with van der Waals surface area (Å²) in [7, 11) is 0. The summed E-state index contributed by atoms with van der Waals surface area (Å²) in [6, 6.07) is 7.08. The van der Waals surface area contributed by atoms with E-state index in [0.717, 1.165) is 16.5 Å². The Kier molecular flexibility index (Phi) is 3.08. The molecule has 0 aliphatic carbocycles. The number of aromatic nitrogens is 1. The molecule has 1 aromatic heterocycles. The summed E-state index contributed by atoms with van der Waals surface area (Å²) < 4.78 is 0. The van der Waals surface area contributed by atoms with Gasteiger partial charge in [-0.15, -0.1) is 0 Å². The molecule has 1 aromatic carbocycles. The van der Waals surface area contributed by atoms with Crippen LogP contribution in [0.25, 0.3) is 10.9 Å². The average Bonchev–Trinajstić information content (AvgIpc) is 2.73. The number of carbonyl (C=O) groups excluding carboxylic acids is 1. The smallest absolute Gasteiger partial charge is 0.250 e. The van der Waals surface area contributed by atoms with Crippen molar-refractivity contribution < 1.29 is 4.79 Å². The van der Waals surface area contributed by atoms with E-state index in [4.69, 9.17) is 11.0 Å². The highest BCUT2D eigenvalue weighted by atomic mass is 16.2. The minimum Gasteiger partial charge on any atom is -0.361 e. The van der Waals surface area contributed by atoms with Crippen LogP contribution < -0.4 is 11.1 Å². The maximum atomic E-state index is 11.3. The second-order valence-electron chi connectivity index (χ2n) is 3.77. The molecule has 2 rings (SSSR count). The van der Waals surface area contributed by atoms with Crippen LogP contribution in [0.5, 0.6) is 0 Å². The lowest BCUT2D eigenvalue weighted by atomic mass is 10.1. The molecular formula is C12H12N4O. The second-order valence-corrected chi connectivity index (χ2v) is 3.77. The summed E-state index contributed by atoms with van der Waals surface area (Å²) in [5.41, 5.74) is 7.69. The monoisotopic (exact) mass is 228 g/mol. The van der Waals surface area contributed by atoms with Gasteiger partial charge in [0.15, 0.2) is 6.19 Å². The van der Waals surface area contributed by atoms with Crippen LogP contribution >= 0.6 is 0 Å². The quantitative estimate of drug-likeness (QED) is 0.531. The van der Waals surface area contributed by atoms with Crippen molar-refractivity contribution >= 4 is 16.8 Å². The Balaban J connectivity index is 2.19. The Hall–Kier alpha value is -2.32. The Morgan fingerprint density at radius 1 is 1.53 bits per heavy atom. The molecule has 0 saturated carbocycles. The zero-order valence-corrected chi connectivity index (χ0v) is 9.10. The van der Waals surface area contributed by atoms with Gasteiger partial charge in [-0.3, -0.25) is 10.1 Å². The predicted octanol–water partition coefficient (Wildman–Crippen LogP) is 0.635. The van der Waals surface area contributed by atoms with Crippen molar-refractivity contribution in [2.45, 2.75) is 12.5 Å². The fourth-order valence-electron chi connectivity index (χ4n) is 1.78. The number of rotatable bonds is 3. The molecule has 0 spiro atoms. The van der Waals surface area contributed by atoms with E-state index in [1.807, 2.05) is 35.8 Å². The molecule has 4 N–H and O–H groups in total. The molecule has 0 bridgehead atoms. The molecule has 1 atom stereocenters. The van der Waals surface area contributed by atoms with Crippen molar-refractivity contribution in [3.05, 3.63) is 36.0 Å². The molecular weight excluding hydrogens is 216 g/mol. The van der Waals surface area contributed by atoms with Gasteiger partial charge in [0, 0.05) is 17.1 Å². The summed E-state index contributed by atoms with van der Waals surface area (Å²) in [6.07, 6.45) is 3.82. The van der Waals surface area contributed by atoms with Crippen LogP contribution in [0.1, 0.15) is 5.56 Å². The molecule has 2 aromatic rings. The van der Waals surface area contributed by atoms with E-state index in [1.54, 1.807) is 6.19 Å². The van der Waals surface area contributed by atoms with Gasteiger partial charge in [-0.25, -0.2) is 0 Å². The fraction of sp³-hybridized carbons (Fsp3) is 0.167. The van der Waals surface area contributed by atoms with E-state index in [9.17, 15) is 4.79 Å². The van der Waals surface area contributed by atoms with Crippen molar-refractivity contribution in [1.29, 1.82) is 5.26 Å². The summed E-state index contributed by atoms with van der Waals surface area (Å²) in [6.45, 7) is 0. The fourth-order valence-corrected chi connectivity index (χ4v) is 1.78. The van der Waals surface area contributed by atoms with Crippen LogP contribution in [0.4, 0.5) is 0 Å². The first-order valence-electron chi connectivity index (χ1n) is 5.22. The molecule has 0 saturated heterocycles. The largest absolute Gasteiger partial charge is 0.361 e. The number of H-pyrrole nitrogens is 1. The number of benzene rings is 1. The molecule has 0 aliphatic heterocycles. The normalized spacial score (nSPS) is 12.0. The molecule has 0 radical (unpaired) electrons. The first kappa shape index (κ1) is 11.2. The molecule has 5 heteroatoms. The van der Waals surface area contributed by atoms with E-state index < -0.39 is 11.9 Å². The SMILES string of the molecule is N#CNC(=O)[C@@H](N)Cc1c[nH]c2ccccc12. The summed E-state index contributed by atoms with van der Waals surface area (Å²) in [5, 5.41) is 11.4. The van der Waals surface area contributed by atoms with Crippen molar-refractivity contribution in [1.82, 2.24) is 10.3 Å². The lowest BCUT2D eigenvalue weighted by molar-refractivity contribution is -0.121. The third-order valence-electron chi connectivity index (χ3n) is 2.63. The first-order valence-corrected chi connectivity index (χ1v) is 5.22. The molecule has 5 nitrogen and oxygen atoms in total. The average molecular weight is 228 g/mol. The Morgan fingerprint density at radius 2 is 2.29 bits per heavy atom. The van der Waals surface area contributed by atoms with Crippen molar-refractivity contribution in [3.8, 4) is 6.19 Å². The molecule has 0 unspecified atom stereocenters. The minimum absolute atomic E-state index is 0.400. The van der Waals surface area contributed by atoms with Gasteiger partial charge in [-0.05, 0) is 18.1 Å². The highest BCUT2D eigenvalue weighted by Gasteiger charge is 2.15. The lowest BCUT2D eigenvalue weighted by Crippen LogP contribution is -2.39. The van der Waals surface area contributed by atoms with Crippen LogP contribution in [0.3, 0.4) is 0 Å². The van der Waals surface area contributed by atoms with Gasteiger partial charge in [-0.2, -0.15) is 5.26 Å². The van der Waals surface area contributed by atoms with Gasteiger partial charge in [0.1, 0.15) is 0 Å². The summed E-state index contributed by atoms with van der Waals surface area (Å²) >= 11 is 0. The lowest BCUT2D eigenvalue weighted by Gasteiger charge is -2.07.